The SMILES string of the molecule is CC(C)c1ccc(-c2cccc3c2C=C(C2CCCC2)[CH]3[Hf+2]2([CH]3C(C4CCCC4)=Cc4c(-c5ccc(C(C)C)cc5)cccc43)[CH]3CCCC[CH]32)cc1.[Cl-].[Cl-]. The Bertz CT molecular complexity index is 1920. The molecule has 5 aliphatic carbocycles. The third-order valence-corrected chi connectivity index (χ3v) is 40.2. The van der Waals surface area contributed by atoms with Gasteiger partial charge in [-0.1, -0.05) is 0 Å². The molecule has 3 heteroatoms. The number of allylic oxidation sites excluding steroid dienone is 2. The molecule has 10 rings (SSSR count). The summed E-state index contributed by atoms with van der Waals surface area (Å²) in [7, 11) is 0. The van der Waals surface area contributed by atoms with Gasteiger partial charge in [-0.15, -0.1) is 0 Å². The van der Waals surface area contributed by atoms with Crippen molar-refractivity contribution in [1.82, 2.24) is 0 Å². The van der Waals surface area contributed by atoms with Crippen LogP contribution >= 0.6 is 0 Å². The Hall–Kier alpha value is -2.19. The van der Waals surface area contributed by atoms with Crippen LogP contribution in [0.5, 0.6) is 0 Å². The number of benzene rings is 4. The molecular formula is C52H60Cl2Hf. The maximum atomic E-state index is 2.84. The minimum Gasteiger partial charge on any atom is -1.00 e. The number of hydrogen-bond acceptors (Lipinski definition) is 0. The Morgan fingerprint density at radius 2 is 0.818 bits per heavy atom. The predicted octanol–water partition coefficient (Wildman–Crippen LogP) is 9.55. The smallest absolute Gasteiger partial charge is 1.00 e. The van der Waals surface area contributed by atoms with E-state index in [2.05, 4.69) is 125 Å². The summed E-state index contributed by atoms with van der Waals surface area (Å²) in [5, 5.41) is 0. The zero-order valence-corrected chi connectivity index (χ0v) is 38.7. The van der Waals surface area contributed by atoms with Gasteiger partial charge in [0.2, 0.25) is 0 Å². The number of fused-ring (bicyclic) bond motifs is 3. The van der Waals surface area contributed by atoms with Crippen molar-refractivity contribution in [3.05, 3.63) is 129 Å². The second kappa shape index (κ2) is 15.9. The van der Waals surface area contributed by atoms with Gasteiger partial charge >= 0.3 is 327 Å². The van der Waals surface area contributed by atoms with E-state index in [0.29, 0.717) is 11.8 Å². The normalized spacial score (nSPS) is 25.8. The van der Waals surface area contributed by atoms with Crippen LogP contribution in [-0.2, 0) is 20.0 Å². The first-order valence-corrected chi connectivity index (χ1v) is 30.1. The number of hydrogen-bond donors (Lipinski definition) is 0. The second-order valence-electron chi connectivity index (χ2n) is 18.8. The van der Waals surface area contributed by atoms with Gasteiger partial charge in [-0.05, 0) is 0 Å². The van der Waals surface area contributed by atoms with Crippen LogP contribution in [0.3, 0.4) is 0 Å². The van der Waals surface area contributed by atoms with Gasteiger partial charge < -0.3 is 24.8 Å². The first kappa shape index (κ1) is 39.6. The molecule has 4 atom stereocenters. The van der Waals surface area contributed by atoms with E-state index in [0.717, 1.165) is 26.5 Å². The molecular weight excluding hydrogens is 874 g/mol. The van der Waals surface area contributed by atoms with Crippen molar-refractivity contribution in [2.45, 2.75) is 131 Å². The standard InChI is InChI=1S/2C23H25.C6H10.2ClH.Hf/c2*1-16(2)17-10-12-19(13-11-17)22-9-5-8-20-14-21(15-23(20)22)18-6-3-4-7-18;1-2-4-6-5-3-1;;;/h2*5,8-16,18H,3-4,6-7H2,1-2H3;1-2H,3-6H2;2*1H;/q;;;;;+2/p-2. The molecule has 0 aromatic heterocycles. The minimum absolute atomic E-state index is 0. The van der Waals surface area contributed by atoms with Crippen molar-refractivity contribution in [2.24, 2.45) is 11.8 Å². The molecule has 4 fully saturated rings. The molecule has 0 bridgehead atoms. The van der Waals surface area contributed by atoms with Gasteiger partial charge in [0.05, 0.1) is 0 Å². The number of rotatable bonds is 8. The molecule has 1 heterocycles. The van der Waals surface area contributed by atoms with Crippen molar-refractivity contribution in [2.75, 3.05) is 0 Å². The maximum absolute atomic E-state index is 3.33. The largest absolute Gasteiger partial charge is 1.00 e. The second-order valence-corrected chi connectivity index (χ2v) is 35.4. The van der Waals surface area contributed by atoms with Gasteiger partial charge in [0.1, 0.15) is 0 Å². The van der Waals surface area contributed by atoms with E-state index < -0.39 is 20.0 Å². The molecule has 6 aliphatic rings. The fourth-order valence-electron chi connectivity index (χ4n) is 13.0. The average molecular weight is 934 g/mol. The van der Waals surface area contributed by atoms with Gasteiger partial charge in [0.15, 0.2) is 0 Å². The Morgan fingerprint density at radius 3 is 1.18 bits per heavy atom. The van der Waals surface area contributed by atoms with Crippen molar-refractivity contribution < 1.29 is 44.8 Å². The molecule has 1 saturated heterocycles. The van der Waals surface area contributed by atoms with Gasteiger partial charge in [-0.25, -0.2) is 0 Å². The Kier molecular flexibility index (Phi) is 11.4. The van der Waals surface area contributed by atoms with Crippen molar-refractivity contribution in [3.8, 4) is 22.3 Å². The fourth-order valence-corrected chi connectivity index (χ4v) is 48.6. The van der Waals surface area contributed by atoms with E-state index in [1.165, 1.54) is 110 Å². The van der Waals surface area contributed by atoms with Crippen LogP contribution in [0, 0.1) is 11.8 Å². The quantitative estimate of drug-likeness (QED) is 0.155. The summed E-state index contributed by atoms with van der Waals surface area (Å²) in [6, 6.07) is 34.5. The van der Waals surface area contributed by atoms with Crippen molar-refractivity contribution in [3.63, 3.8) is 0 Å². The topological polar surface area (TPSA) is 0 Å². The van der Waals surface area contributed by atoms with E-state index in [1.54, 1.807) is 22.3 Å². The molecule has 0 amide bonds. The molecule has 286 valence electrons. The van der Waals surface area contributed by atoms with E-state index >= 15 is 0 Å². The summed E-state index contributed by atoms with van der Waals surface area (Å²) in [6.45, 7) is 9.27. The Balaban J connectivity index is 0.00000214. The summed E-state index contributed by atoms with van der Waals surface area (Å²) in [6.07, 6.45) is 23.0. The van der Waals surface area contributed by atoms with Crippen LogP contribution in [0.2, 0.25) is 7.35 Å². The van der Waals surface area contributed by atoms with Crippen LogP contribution in [-0.4, -0.2) is 0 Å². The van der Waals surface area contributed by atoms with E-state index in [9.17, 15) is 0 Å². The summed E-state index contributed by atoms with van der Waals surface area (Å²) >= 11 is -3.33. The summed E-state index contributed by atoms with van der Waals surface area (Å²) in [5.41, 5.74) is 19.3. The fraction of sp³-hybridized carbons (Fsp3) is 0.462. The first-order valence-electron chi connectivity index (χ1n) is 21.8. The molecule has 1 aliphatic heterocycles. The average Bonchev–Trinajstić information content (AvgIpc) is 3.86. The van der Waals surface area contributed by atoms with Gasteiger partial charge in [0.25, 0.3) is 0 Å². The predicted molar refractivity (Wildman–Crippen MR) is 223 cm³/mol. The van der Waals surface area contributed by atoms with Gasteiger partial charge in [-0.2, -0.15) is 0 Å². The van der Waals surface area contributed by atoms with Crippen LogP contribution < -0.4 is 24.8 Å². The monoisotopic (exact) mass is 934 g/mol. The van der Waals surface area contributed by atoms with E-state index in [4.69, 9.17) is 0 Å². The van der Waals surface area contributed by atoms with Crippen LogP contribution in [0.1, 0.15) is 157 Å². The van der Waals surface area contributed by atoms with E-state index in [-0.39, 0.29) is 24.8 Å². The molecule has 3 saturated carbocycles. The molecule has 0 N–H and O–H groups in total. The van der Waals surface area contributed by atoms with Gasteiger partial charge in [0, 0.05) is 0 Å². The maximum Gasteiger partial charge on any atom is -1.00 e. The van der Waals surface area contributed by atoms with Crippen molar-refractivity contribution >= 4 is 12.2 Å². The summed E-state index contributed by atoms with van der Waals surface area (Å²) < 4.78 is 3.58. The van der Waals surface area contributed by atoms with Crippen LogP contribution in [0.4, 0.5) is 0 Å². The third-order valence-electron chi connectivity index (χ3n) is 15.6. The molecule has 0 spiro atoms. The third kappa shape index (κ3) is 6.48. The first-order chi connectivity index (χ1) is 25.9. The molecule has 4 unspecified atom stereocenters. The summed E-state index contributed by atoms with van der Waals surface area (Å²) in [5.74, 6) is 2.70. The minimum atomic E-state index is -3.33. The van der Waals surface area contributed by atoms with Gasteiger partial charge in [-0.3, -0.25) is 0 Å². The number of halogens is 2. The molecule has 4 aromatic carbocycles. The Morgan fingerprint density at radius 1 is 0.455 bits per heavy atom. The van der Waals surface area contributed by atoms with E-state index in [1.807, 2.05) is 11.1 Å². The zero-order chi connectivity index (χ0) is 35.8. The summed E-state index contributed by atoms with van der Waals surface area (Å²) in [4.78, 5) is 0. The molecule has 4 aromatic rings. The van der Waals surface area contributed by atoms with Crippen LogP contribution in [0.25, 0.3) is 34.4 Å². The molecule has 55 heavy (non-hydrogen) atoms. The van der Waals surface area contributed by atoms with Crippen LogP contribution in [0.15, 0.2) is 96.1 Å². The Labute approximate surface area is 349 Å². The zero-order valence-electron chi connectivity index (χ0n) is 33.6. The van der Waals surface area contributed by atoms with Crippen molar-refractivity contribution in [1.29, 1.82) is 0 Å². The molecule has 0 radical (unpaired) electrons. The molecule has 0 nitrogen and oxygen atoms in total.